The van der Waals surface area contributed by atoms with E-state index in [0.29, 0.717) is 40.4 Å². The molecule has 1 aromatic carbocycles. The highest BCUT2D eigenvalue weighted by molar-refractivity contribution is 6.06. The lowest BCUT2D eigenvalue weighted by Gasteiger charge is -2.09. The third-order valence-electron chi connectivity index (χ3n) is 7.94. The van der Waals surface area contributed by atoms with Crippen LogP contribution >= 0.6 is 0 Å². The highest BCUT2D eigenvalue weighted by atomic mass is 16.5. The zero-order chi connectivity index (χ0) is 42.4. The van der Waals surface area contributed by atoms with Gasteiger partial charge in [-0.3, -0.25) is 39.0 Å². The van der Waals surface area contributed by atoms with Crippen LogP contribution in [0.15, 0.2) is 69.9 Å². The average molecular weight is 789 g/mol. The third kappa shape index (κ3) is 12.3. The molecule has 0 aliphatic heterocycles. The standard InChI is InChI=1S/C15H15N5O.C12H17N5O2.C8H12N2O2.C3H8O2/c1-10(2)20-9-18-12-13(16-8-17-14(12)20)19-15(21)11-6-4-3-5-7-11;1-6(2)10(18)15-12-14-9-8(11(19)16-12)13-5-17(9)7(3)4;1-5(2)10-4-6(3)7(11)9-8(10)12;1-5-3-2-4/h3-10H,1-2H3,(H,16,17,19,21);5-7H,1-4H3,(H2,14,15,16,18,19);4-5H,1-3H3,(H,9,11,12);4H,2-3H2,1H3. The molecule has 0 aliphatic rings. The summed E-state index contributed by atoms with van der Waals surface area (Å²) >= 11 is 0. The molecule has 0 radical (unpaired) electrons. The summed E-state index contributed by atoms with van der Waals surface area (Å²) in [6.07, 6.45) is 6.29. The molecule has 0 saturated heterocycles. The Morgan fingerprint density at radius 1 is 0.772 bits per heavy atom. The lowest BCUT2D eigenvalue weighted by atomic mass is 10.2. The van der Waals surface area contributed by atoms with E-state index < -0.39 is 0 Å². The minimum Gasteiger partial charge on any atom is -0.394 e. The molecule has 0 saturated carbocycles. The first-order valence-electron chi connectivity index (χ1n) is 18.2. The molecule has 0 bridgehead atoms. The first-order valence-corrected chi connectivity index (χ1v) is 18.2. The molecule has 0 spiro atoms. The Morgan fingerprint density at radius 2 is 1.37 bits per heavy atom. The normalized spacial score (nSPS) is 10.9. The zero-order valence-electron chi connectivity index (χ0n) is 33.9. The largest absolute Gasteiger partial charge is 0.394 e. The number of hydrogen-bond acceptors (Lipinski definition) is 12. The Kier molecular flexibility index (Phi) is 16.7. The number of anilines is 2. The molecule has 0 unspecified atom stereocenters. The van der Waals surface area contributed by atoms with Gasteiger partial charge in [0.25, 0.3) is 17.0 Å². The lowest BCUT2D eigenvalue weighted by Crippen LogP contribution is -2.31. The monoisotopic (exact) mass is 788 g/mol. The minimum atomic E-state index is -0.358. The first-order chi connectivity index (χ1) is 27.0. The van der Waals surface area contributed by atoms with Gasteiger partial charge in [0.2, 0.25) is 11.9 Å². The van der Waals surface area contributed by atoms with E-state index in [2.05, 4.69) is 50.3 Å². The number of aliphatic hydroxyl groups excluding tert-OH is 1. The fourth-order valence-corrected chi connectivity index (χ4v) is 4.78. The van der Waals surface area contributed by atoms with Crippen LogP contribution in [0.3, 0.4) is 0 Å². The van der Waals surface area contributed by atoms with Gasteiger partial charge in [0, 0.05) is 48.5 Å². The number of nitrogens with zero attached hydrogens (tertiary/aromatic N) is 8. The van der Waals surface area contributed by atoms with E-state index in [4.69, 9.17) is 5.11 Å². The van der Waals surface area contributed by atoms with Crippen molar-refractivity contribution in [3.63, 3.8) is 0 Å². The second-order valence-corrected chi connectivity index (χ2v) is 13.7. The maximum atomic E-state index is 12.2. The topological polar surface area (TPSA) is 250 Å². The molecular formula is C38H52N12O7. The highest BCUT2D eigenvalue weighted by Gasteiger charge is 2.16. The van der Waals surface area contributed by atoms with Crippen LogP contribution in [0, 0.1) is 12.8 Å². The summed E-state index contributed by atoms with van der Waals surface area (Å²) in [6, 6.07) is 9.45. The van der Waals surface area contributed by atoms with E-state index in [0.717, 1.165) is 0 Å². The average Bonchev–Trinajstić information content (AvgIpc) is 3.81. The number of nitrogens with one attached hydrogen (secondary N) is 4. The van der Waals surface area contributed by atoms with Crippen molar-refractivity contribution in [2.75, 3.05) is 31.0 Å². The van der Waals surface area contributed by atoms with Gasteiger partial charge >= 0.3 is 5.69 Å². The fraction of sp³-hybridized carbons (Fsp3) is 0.421. The number of benzene rings is 1. The summed E-state index contributed by atoms with van der Waals surface area (Å²) in [5.74, 6) is -0.0179. The van der Waals surface area contributed by atoms with Crippen LogP contribution in [0.2, 0.25) is 0 Å². The van der Waals surface area contributed by atoms with Gasteiger partial charge in [-0.2, -0.15) is 4.98 Å². The highest BCUT2D eigenvalue weighted by Crippen LogP contribution is 2.21. The van der Waals surface area contributed by atoms with E-state index in [1.54, 1.807) is 63.4 Å². The number of aromatic nitrogens is 10. The number of aromatic amines is 2. The molecule has 306 valence electrons. The number of aryl methyl sites for hydroxylation is 1. The maximum absolute atomic E-state index is 12.2. The molecular weight excluding hydrogens is 736 g/mol. The van der Waals surface area contributed by atoms with Crippen LogP contribution < -0.4 is 27.4 Å². The number of aliphatic hydroxyl groups is 1. The molecule has 57 heavy (non-hydrogen) atoms. The smallest absolute Gasteiger partial charge is 0.328 e. The molecule has 5 heterocycles. The van der Waals surface area contributed by atoms with E-state index in [1.807, 2.05) is 64.3 Å². The number of carbonyl (C=O) groups is 2. The Balaban J connectivity index is 0.000000223. The molecule has 5 N–H and O–H groups in total. The fourth-order valence-electron chi connectivity index (χ4n) is 4.78. The van der Waals surface area contributed by atoms with Gasteiger partial charge in [-0.15, -0.1) is 0 Å². The number of imidazole rings is 2. The van der Waals surface area contributed by atoms with Crippen molar-refractivity contribution in [1.82, 2.24) is 48.6 Å². The SMILES string of the molecule is CC(C)C(=O)Nc1nc2c(ncn2C(C)C)c(=O)[nH]1.CC(C)n1cnc2c(NC(=O)c3ccccc3)ncnc21.COCCO.Cc1cn(C(C)C)c(=O)[nH]c1=O. The van der Waals surface area contributed by atoms with Crippen molar-refractivity contribution >= 4 is 45.9 Å². The first kappa shape index (κ1) is 45.1. The Morgan fingerprint density at radius 3 is 1.91 bits per heavy atom. The van der Waals surface area contributed by atoms with Gasteiger partial charge in [0.05, 0.1) is 25.9 Å². The molecule has 0 atom stereocenters. The van der Waals surface area contributed by atoms with E-state index in [-0.39, 0.29) is 70.7 Å². The minimum absolute atomic E-state index is 0.0769. The van der Waals surface area contributed by atoms with E-state index in [9.17, 15) is 24.0 Å². The van der Waals surface area contributed by atoms with Crippen molar-refractivity contribution in [2.24, 2.45) is 5.92 Å². The van der Waals surface area contributed by atoms with Crippen LogP contribution in [0.25, 0.3) is 22.3 Å². The summed E-state index contributed by atoms with van der Waals surface area (Å²) in [4.78, 5) is 83.5. The third-order valence-corrected chi connectivity index (χ3v) is 7.94. The summed E-state index contributed by atoms with van der Waals surface area (Å²) < 4.78 is 9.66. The van der Waals surface area contributed by atoms with Gasteiger partial charge in [0.1, 0.15) is 6.33 Å². The van der Waals surface area contributed by atoms with Gasteiger partial charge in [0.15, 0.2) is 28.1 Å². The summed E-state index contributed by atoms with van der Waals surface area (Å²) in [5.41, 5.74) is 2.17. The Bertz CT molecular complexity index is 2410. The number of methoxy groups -OCH3 is 1. The molecule has 0 fully saturated rings. The molecule has 6 aromatic rings. The van der Waals surface area contributed by atoms with Crippen molar-refractivity contribution in [2.45, 2.75) is 80.4 Å². The maximum Gasteiger partial charge on any atom is 0.328 e. The Labute approximate surface area is 328 Å². The van der Waals surface area contributed by atoms with Crippen LogP contribution in [0.5, 0.6) is 0 Å². The predicted molar refractivity (Wildman–Crippen MR) is 218 cm³/mol. The predicted octanol–water partition coefficient (Wildman–Crippen LogP) is 4.01. The van der Waals surface area contributed by atoms with Crippen molar-refractivity contribution < 1.29 is 19.4 Å². The lowest BCUT2D eigenvalue weighted by molar-refractivity contribution is -0.118. The van der Waals surface area contributed by atoms with Gasteiger partial charge in [-0.1, -0.05) is 32.0 Å². The number of rotatable bonds is 9. The van der Waals surface area contributed by atoms with Gasteiger partial charge in [-0.25, -0.2) is 24.7 Å². The van der Waals surface area contributed by atoms with Crippen molar-refractivity contribution in [3.8, 4) is 0 Å². The van der Waals surface area contributed by atoms with Gasteiger partial charge in [-0.05, 0) is 60.6 Å². The summed E-state index contributed by atoms with van der Waals surface area (Å²) in [7, 11) is 1.55. The van der Waals surface area contributed by atoms with Crippen LogP contribution in [0.4, 0.5) is 11.8 Å². The van der Waals surface area contributed by atoms with Crippen LogP contribution in [-0.2, 0) is 9.53 Å². The summed E-state index contributed by atoms with van der Waals surface area (Å²) in [6.45, 7) is 17.6. The van der Waals surface area contributed by atoms with Crippen molar-refractivity contribution in [1.29, 1.82) is 0 Å². The molecule has 6 rings (SSSR count). The van der Waals surface area contributed by atoms with E-state index in [1.165, 1.54) is 10.9 Å². The molecule has 5 aromatic heterocycles. The van der Waals surface area contributed by atoms with Crippen LogP contribution in [-0.4, -0.2) is 85.8 Å². The molecule has 0 aliphatic carbocycles. The second-order valence-electron chi connectivity index (χ2n) is 13.7. The molecule has 2 amide bonds. The molecule has 19 heteroatoms. The number of amides is 2. The second kappa shape index (κ2) is 21.1. The summed E-state index contributed by atoms with van der Waals surface area (Å²) in [5, 5.41) is 13.3. The number of hydrogen-bond donors (Lipinski definition) is 5. The Hall–Kier alpha value is -6.34. The van der Waals surface area contributed by atoms with Crippen LogP contribution in [0.1, 0.15) is 89.4 Å². The van der Waals surface area contributed by atoms with Crippen molar-refractivity contribution in [3.05, 3.63) is 97.8 Å². The van der Waals surface area contributed by atoms with Gasteiger partial charge < -0.3 is 24.3 Å². The quantitative estimate of drug-likeness (QED) is 0.139. The number of H-pyrrole nitrogens is 2. The number of ether oxygens (including phenoxy) is 1. The molecule has 19 nitrogen and oxygen atoms in total. The number of carbonyl (C=O) groups excluding carboxylic acids is 2. The van der Waals surface area contributed by atoms with E-state index >= 15 is 0 Å². The zero-order valence-corrected chi connectivity index (χ0v) is 33.9. The number of fused-ring (bicyclic) bond motifs is 2.